The molecule has 0 aliphatic carbocycles. The molecule has 13 heavy (non-hydrogen) atoms. The van der Waals surface area contributed by atoms with Crippen molar-refractivity contribution in [2.45, 2.75) is 13.3 Å². The monoisotopic (exact) mass is 188 g/mol. The quantitative estimate of drug-likeness (QED) is 0.771. The summed E-state index contributed by atoms with van der Waals surface area (Å²) in [5, 5.41) is 0. The molecular formula is C8H10F2N2O. The largest absolute Gasteiger partial charge is 0.481 e. The number of hydrogen-bond acceptors (Lipinski definition) is 3. The number of hydrogen-bond donors (Lipinski definition) is 1. The molecule has 72 valence electrons. The Hall–Kier alpha value is -1.39. The number of alkyl halides is 2. The molecule has 0 unspecified atom stereocenters. The first-order valence-electron chi connectivity index (χ1n) is 3.65. The summed E-state index contributed by atoms with van der Waals surface area (Å²) in [6.45, 7) is 1.54. The van der Waals surface area contributed by atoms with Gasteiger partial charge in [-0.15, -0.1) is 0 Å². The molecule has 2 N–H and O–H groups in total. The molecule has 0 saturated carbocycles. The fourth-order valence-corrected chi connectivity index (χ4v) is 1.10. The summed E-state index contributed by atoms with van der Waals surface area (Å²) >= 11 is 0. The lowest BCUT2D eigenvalue weighted by Crippen LogP contribution is -2.01. The number of aromatic nitrogens is 1. The van der Waals surface area contributed by atoms with Crippen molar-refractivity contribution in [3.05, 3.63) is 17.2 Å². The van der Waals surface area contributed by atoms with Crippen molar-refractivity contribution in [1.29, 1.82) is 0 Å². The van der Waals surface area contributed by atoms with Gasteiger partial charge in [-0.3, -0.25) is 0 Å². The zero-order chi connectivity index (χ0) is 10.0. The second kappa shape index (κ2) is 3.55. The molecule has 0 atom stereocenters. The van der Waals surface area contributed by atoms with E-state index in [9.17, 15) is 8.78 Å². The van der Waals surface area contributed by atoms with Gasteiger partial charge < -0.3 is 10.5 Å². The Morgan fingerprint density at radius 3 is 2.62 bits per heavy atom. The minimum Gasteiger partial charge on any atom is -0.481 e. The highest BCUT2D eigenvalue weighted by Gasteiger charge is 2.18. The van der Waals surface area contributed by atoms with Crippen LogP contribution >= 0.6 is 0 Å². The van der Waals surface area contributed by atoms with Gasteiger partial charge >= 0.3 is 0 Å². The molecule has 0 aliphatic rings. The van der Waals surface area contributed by atoms with Crippen molar-refractivity contribution in [2.24, 2.45) is 0 Å². The van der Waals surface area contributed by atoms with E-state index in [1.807, 2.05) is 0 Å². The number of nitrogen functional groups attached to an aromatic ring is 1. The van der Waals surface area contributed by atoms with Crippen LogP contribution in [-0.4, -0.2) is 12.1 Å². The maximum atomic E-state index is 12.4. The third-order valence-electron chi connectivity index (χ3n) is 1.66. The molecule has 0 aromatic carbocycles. The van der Waals surface area contributed by atoms with Gasteiger partial charge in [-0.2, -0.15) is 4.98 Å². The summed E-state index contributed by atoms with van der Waals surface area (Å²) in [5.74, 6) is 0.0752. The number of ether oxygens (including phenoxy) is 1. The average molecular weight is 188 g/mol. The topological polar surface area (TPSA) is 48.1 Å². The maximum absolute atomic E-state index is 12.4. The first-order chi connectivity index (χ1) is 6.06. The number of nitrogens with two attached hydrogens (primary N) is 1. The van der Waals surface area contributed by atoms with Crippen molar-refractivity contribution >= 4 is 5.82 Å². The van der Waals surface area contributed by atoms with Crippen molar-refractivity contribution in [3.63, 3.8) is 0 Å². The number of nitrogens with zero attached hydrogens (tertiary/aromatic N) is 1. The van der Waals surface area contributed by atoms with Crippen LogP contribution in [0.3, 0.4) is 0 Å². The number of aryl methyl sites for hydroxylation is 1. The zero-order valence-corrected chi connectivity index (χ0v) is 7.34. The lowest BCUT2D eigenvalue weighted by molar-refractivity contribution is 0.145. The number of rotatable bonds is 2. The van der Waals surface area contributed by atoms with Gasteiger partial charge in [-0.25, -0.2) is 8.78 Å². The number of methoxy groups -OCH3 is 1. The number of pyridine rings is 1. The summed E-state index contributed by atoms with van der Waals surface area (Å²) in [7, 11) is 1.28. The highest BCUT2D eigenvalue weighted by Crippen LogP contribution is 2.31. The van der Waals surface area contributed by atoms with Crippen LogP contribution in [0.5, 0.6) is 5.88 Å². The Labute approximate surface area is 74.5 Å². The molecule has 1 aromatic rings. The van der Waals surface area contributed by atoms with E-state index in [4.69, 9.17) is 10.5 Å². The second-order valence-electron chi connectivity index (χ2n) is 2.59. The van der Waals surface area contributed by atoms with E-state index < -0.39 is 6.43 Å². The van der Waals surface area contributed by atoms with E-state index in [1.165, 1.54) is 13.2 Å². The predicted molar refractivity (Wildman–Crippen MR) is 44.9 cm³/mol. The molecule has 5 heteroatoms. The van der Waals surface area contributed by atoms with Crippen molar-refractivity contribution < 1.29 is 13.5 Å². The molecule has 1 aromatic heterocycles. The normalized spacial score (nSPS) is 10.5. The van der Waals surface area contributed by atoms with Crippen molar-refractivity contribution in [3.8, 4) is 5.88 Å². The van der Waals surface area contributed by atoms with E-state index >= 15 is 0 Å². The van der Waals surface area contributed by atoms with Crippen molar-refractivity contribution in [2.75, 3.05) is 12.8 Å². The van der Waals surface area contributed by atoms with Crippen LogP contribution in [0.4, 0.5) is 14.6 Å². The first kappa shape index (κ1) is 9.70. The van der Waals surface area contributed by atoms with Crippen LogP contribution in [0, 0.1) is 6.92 Å². The molecular weight excluding hydrogens is 178 g/mol. The predicted octanol–water partition coefficient (Wildman–Crippen LogP) is 1.92. The summed E-state index contributed by atoms with van der Waals surface area (Å²) < 4.78 is 29.6. The SMILES string of the molecule is COc1nc(N)cc(C)c1C(F)F. The third kappa shape index (κ3) is 1.85. The van der Waals surface area contributed by atoms with E-state index in [1.54, 1.807) is 6.92 Å². The van der Waals surface area contributed by atoms with Crippen molar-refractivity contribution in [1.82, 2.24) is 4.98 Å². The van der Waals surface area contributed by atoms with Crippen LogP contribution in [0.25, 0.3) is 0 Å². The maximum Gasteiger partial charge on any atom is 0.269 e. The molecule has 0 amide bonds. The van der Waals surface area contributed by atoms with E-state index in [-0.39, 0.29) is 17.3 Å². The minimum atomic E-state index is -2.59. The van der Waals surface area contributed by atoms with Crippen LogP contribution in [0.1, 0.15) is 17.6 Å². The first-order valence-corrected chi connectivity index (χ1v) is 3.65. The van der Waals surface area contributed by atoms with Crippen LogP contribution in [0.15, 0.2) is 6.07 Å². The molecule has 1 heterocycles. The third-order valence-corrected chi connectivity index (χ3v) is 1.66. The molecule has 0 radical (unpaired) electrons. The van der Waals surface area contributed by atoms with E-state index in [2.05, 4.69) is 4.98 Å². The Morgan fingerprint density at radius 2 is 2.15 bits per heavy atom. The molecule has 0 saturated heterocycles. The van der Waals surface area contributed by atoms with Gasteiger partial charge in [0.2, 0.25) is 5.88 Å². The Kier molecular flexibility index (Phi) is 2.65. The van der Waals surface area contributed by atoms with Crippen LogP contribution in [-0.2, 0) is 0 Å². The number of halogens is 2. The molecule has 0 aliphatic heterocycles. The summed E-state index contributed by atoms with van der Waals surface area (Å²) in [6, 6.07) is 1.39. The lowest BCUT2D eigenvalue weighted by atomic mass is 10.1. The van der Waals surface area contributed by atoms with Crippen LogP contribution in [0.2, 0.25) is 0 Å². The van der Waals surface area contributed by atoms with Gasteiger partial charge in [0.1, 0.15) is 5.82 Å². The van der Waals surface area contributed by atoms with Gasteiger partial charge in [0.15, 0.2) is 0 Å². The minimum absolute atomic E-state index is 0.104. The lowest BCUT2D eigenvalue weighted by Gasteiger charge is -2.10. The van der Waals surface area contributed by atoms with E-state index in [0.29, 0.717) is 5.56 Å². The zero-order valence-electron chi connectivity index (χ0n) is 7.34. The summed E-state index contributed by atoms with van der Waals surface area (Å²) in [4.78, 5) is 3.65. The molecule has 1 rings (SSSR count). The molecule has 0 bridgehead atoms. The van der Waals surface area contributed by atoms with Gasteiger partial charge in [-0.1, -0.05) is 0 Å². The molecule has 0 spiro atoms. The van der Waals surface area contributed by atoms with Gasteiger partial charge in [-0.05, 0) is 18.6 Å². The second-order valence-corrected chi connectivity index (χ2v) is 2.59. The van der Waals surface area contributed by atoms with Gasteiger partial charge in [0, 0.05) is 0 Å². The average Bonchev–Trinajstić information content (AvgIpc) is 2.01. The Bertz CT molecular complexity index is 315. The standard InChI is InChI=1S/C8H10F2N2O/c1-4-3-5(11)12-8(13-2)6(4)7(9)10/h3,7H,1-2H3,(H2,11,12). The van der Waals surface area contributed by atoms with Gasteiger partial charge in [0.05, 0.1) is 12.7 Å². The smallest absolute Gasteiger partial charge is 0.269 e. The molecule has 0 fully saturated rings. The number of anilines is 1. The molecule has 3 nitrogen and oxygen atoms in total. The Morgan fingerprint density at radius 1 is 1.54 bits per heavy atom. The van der Waals surface area contributed by atoms with E-state index in [0.717, 1.165) is 0 Å². The van der Waals surface area contributed by atoms with Crippen LogP contribution < -0.4 is 10.5 Å². The summed E-state index contributed by atoms with van der Waals surface area (Å²) in [5.41, 5.74) is 5.56. The summed E-state index contributed by atoms with van der Waals surface area (Å²) in [6.07, 6.45) is -2.59. The Balaban J connectivity index is 3.30. The van der Waals surface area contributed by atoms with Gasteiger partial charge in [0.25, 0.3) is 6.43 Å². The highest BCUT2D eigenvalue weighted by molar-refractivity contribution is 5.44. The fourth-order valence-electron chi connectivity index (χ4n) is 1.10. The highest BCUT2D eigenvalue weighted by atomic mass is 19.3. The fraction of sp³-hybridized carbons (Fsp3) is 0.375.